The minimum atomic E-state index is -0.144. The van der Waals surface area contributed by atoms with Gasteiger partial charge in [0, 0.05) is 11.8 Å². The summed E-state index contributed by atoms with van der Waals surface area (Å²) in [6, 6.07) is 12.6. The number of carbonyl (C=O) groups excluding carboxylic acids is 1. The van der Waals surface area contributed by atoms with Crippen LogP contribution in [-0.2, 0) is 0 Å². The summed E-state index contributed by atoms with van der Waals surface area (Å²) in [5.74, 6) is -0.144. The second kappa shape index (κ2) is 4.90. The Morgan fingerprint density at radius 1 is 1.12 bits per heavy atom. The average molecular weight is 277 g/mol. The van der Waals surface area contributed by atoms with Gasteiger partial charge in [-0.2, -0.15) is 0 Å². The minimum absolute atomic E-state index is 0.144. The highest BCUT2D eigenvalue weighted by molar-refractivity contribution is 9.10. The van der Waals surface area contributed by atoms with Crippen LogP contribution in [-0.4, -0.2) is 10.9 Å². The Kier molecular flexibility index (Phi) is 3.31. The Labute approximate surface area is 102 Å². The summed E-state index contributed by atoms with van der Waals surface area (Å²) in [6.45, 7) is 0. The van der Waals surface area contributed by atoms with Gasteiger partial charge in [-0.3, -0.25) is 4.79 Å². The number of nitrogens with one attached hydrogen (secondary N) is 1. The highest BCUT2D eigenvalue weighted by Crippen LogP contribution is 2.18. The first kappa shape index (κ1) is 10.8. The van der Waals surface area contributed by atoms with Crippen molar-refractivity contribution in [3.63, 3.8) is 0 Å². The van der Waals surface area contributed by atoms with Crippen LogP contribution in [0.25, 0.3) is 0 Å². The zero-order chi connectivity index (χ0) is 11.4. The molecule has 4 heteroatoms. The molecular weight excluding hydrogens is 268 g/mol. The van der Waals surface area contributed by atoms with Crippen molar-refractivity contribution in [1.29, 1.82) is 0 Å². The molecule has 0 spiro atoms. The van der Waals surface area contributed by atoms with Crippen molar-refractivity contribution in [3.8, 4) is 0 Å². The Hall–Kier alpha value is -1.68. The van der Waals surface area contributed by atoms with E-state index in [0.29, 0.717) is 15.9 Å². The Bertz CT molecular complexity index is 499. The molecule has 16 heavy (non-hydrogen) atoms. The molecule has 0 radical (unpaired) electrons. The van der Waals surface area contributed by atoms with E-state index < -0.39 is 0 Å². The summed E-state index contributed by atoms with van der Waals surface area (Å²) < 4.78 is 0.624. The molecular formula is C12H9BrN2O. The molecule has 0 aliphatic heterocycles. The quantitative estimate of drug-likeness (QED) is 0.857. The highest BCUT2D eigenvalue weighted by atomic mass is 79.9. The van der Waals surface area contributed by atoms with Crippen LogP contribution in [0.3, 0.4) is 0 Å². The average Bonchev–Trinajstić information content (AvgIpc) is 2.33. The Balaban J connectivity index is 2.18. The molecule has 0 bridgehead atoms. The number of nitrogens with zero attached hydrogens (tertiary/aromatic N) is 1. The summed E-state index contributed by atoms with van der Waals surface area (Å²) >= 11 is 3.27. The summed E-state index contributed by atoms with van der Waals surface area (Å²) in [5.41, 5.74) is 1.29. The topological polar surface area (TPSA) is 42.0 Å². The van der Waals surface area contributed by atoms with Gasteiger partial charge in [0.2, 0.25) is 0 Å². The fraction of sp³-hybridized carbons (Fsp3) is 0. The summed E-state index contributed by atoms with van der Waals surface area (Å²) in [7, 11) is 0. The molecule has 1 N–H and O–H groups in total. The molecule has 1 heterocycles. The van der Waals surface area contributed by atoms with Crippen LogP contribution in [0, 0.1) is 0 Å². The van der Waals surface area contributed by atoms with E-state index in [2.05, 4.69) is 26.2 Å². The monoisotopic (exact) mass is 276 g/mol. The number of hydrogen-bond donors (Lipinski definition) is 1. The first-order valence-corrected chi connectivity index (χ1v) is 5.53. The maximum Gasteiger partial charge on any atom is 0.255 e. The van der Waals surface area contributed by atoms with Crippen LogP contribution < -0.4 is 5.32 Å². The lowest BCUT2D eigenvalue weighted by Crippen LogP contribution is -2.12. The SMILES string of the molecule is O=C(Nc1cccnc1Br)c1ccccc1. The van der Waals surface area contributed by atoms with Crippen LogP contribution in [0.1, 0.15) is 10.4 Å². The van der Waals surface area contributed by atoms with Crippen LogP contribution in [0.15, 0.2) is 53.3 Å². The molecule has 80 valence electrons. The smallest absolute Gasteiger partial charge is 0.255 e. The number of amides is 1. The lowest BCUT2D eigenvalue weighted by atomic mass is 10.2. The van der Waals surface area contributed by atoms with E-state index in [4.69, 9.17) is 0 Å². The first-order chi connectivity index (χ1) is 7.77. The predicted octanol–water partition coefficient (Wildman–Crippen LogP) is 3.10. The molecule has 0 saturated heterocycles. The van der Waals surface area contributed by atoms with E-state index in [-0.39, 0.29) is 5.91 Å². The number of anilines is 1. The van der Waals surface area contributed by atoms with Crippen molar-refractivity contribution >= 4 is 27.5 Å². The number of halogens is 1. The molecule has 2 rings (SSSR count). The number of aromatic nitrogens is 1. The Morgan fingerprint density at radius 3 is 2.56 bits per heavy atom. The van der Waals surface area contributed by atoms with E-state index in [9.17, 15) is 4.79 Å². The van der Waals surface area contributed by atoms with E-state index in [1.807, 2.05) is 18.2 Å². The summed E-state index contributed by atoms with van der Waals surface area (Å²) in [5, 5.41) is 2.78. The molecule has 0 atom stereocenters. The van der Waals surface area contributed by atoms with Gasteiger partial charge in [0.15, 0.2) is 0 Å². The maximum absolute atomic E-state index is 11.8. The third-order valence-electron chi connectivity index (χ3n) is 2.04. The van der Waals surface area contributed by atoms with Crippen LogP contribution in [0.2, 0.25) is 0 Å². The van der Waals surface area contributed by atoms with E-state index in [1.165, 1.54) is 0 Å². The van der Waals surface area contributed by atoms with Crippen LogP contribution in [0.4, 0.5) is 5.69 Å². The van der Waals surface area contributed by atoms with E-state index in [1.54, 1.807) is 30.5 Å². The van der Waals surface area contributed by atoms with Gasteiger partial charge in [0.1, 0.15) is 4.60 Å². The van der Waals surface area contributed by atoms with Gasteiger partial charge in [-0.15, -0.1) is 0 Å². The largest absolute Gasteiger partial charge is 0.320 e. The highest BCUT2D eigenvalue weighted by Gasteiger charge is 2.07. The third kappa shape index (κ3) is 2.46. The summed E-state index contributed by atoms with van der Waals surface area (Å²) in [4.78, 5) is 15.8. The van der Waals surface area contributed by atoms with Crippen molar-refractivity contribution in [3.05, 3.63) is 58.8 Å². The van der Waals surface area contributed by atoms with Gasteiger partial charge in [0.05, 0.1) is 5.69 Å². The van der Waals surface area contributed by atoms with E-state index >= 15 is 0 Å². The molecule has 2 aromatic rings. The number of carbonyl (C=O) groups is 1. The van der Waals surface area contributed by atoms with Gasteiger partial charge in [-0.05, 0) is 40.2 Å². The maximum atomic E-state index is 11.8. The minimum Gasteiger partial charge on any atom is -0.320 e. The number of hydrogen-bond acceptors (Lipinski definition) is 2. The zero-order valence-electron chi connectivity index (χ0n) is 8.35. The second-order valence-electron chi connectivity index (χ2n) is 3.16. The van der Waals surface area contributed by atoms with Crippen LogP contribution in [0.5, 0.6) is 0 Å². The van der Waals surface area contributed by atoms with Crippen molar-refractivity contribution in [2.75, 3.05) is 5.32 Å². The fourth-order valence-electron chi connectivity index (χ4n) is 1.26. The molecule has 0 unspecified atom stereocenters. The van der Waals surface area contributed by atoms with Gasteiger partial charge in [0.25, 0.3) is 5.91 Å². The fourth-order valence-corrected chi connectivity index (χ4v) is 1.61. The first-order valence-electron chi connectivity index (χ1n) is 4.74. The van der Waals surface area contributed by atoms with E-state index in [0.717, 1.165) is 0 Å². The van der Waals surface area contributed by atoms with Gasteiger partial charge in [-0.1, -0.05) is 18.2 Å². The molecule has 3 nitrogen and oxygen atoms in total. The normalized spacial score (nSPS) is 9.81. The zero-order valence-corrected chi connectivity index (χ0v) is 9.94. The van der Waals surface area contributed by atoms with Crippen molar-refractivity contribution in [2.45, 2.75) is 0 Å². The van der Waals surface area contributed by atoms with Crippen LogP contribution >= 0.6 is 15.9 Å². The van der Waals surface area contributed by atoms with Crippen molar-refractivity contribution in [1.82, 2.24) is 4.98 Å². The summed E-state index contributed by atoms with van der Waals surface area (Å²) in [6.07, 6.45) is 1.66. The third-order valence-corrected chi connectivity index (χ3v) is 2.68. The lowest BCUT2D eigenvalue weighted by Gasteiger charge is -2.05. The van der Waals surface area contributed by atoms with Gasteiger partial charge >= 0.3 is 0 Å². The number of pyridine rings is 1. The lowest BCUT2D eigenvalue weighted by molar-refractivity contribution is 0.102. The molecule has 0 saturated carbocycles. The number of benzene rings is 1. The molecule has 1 aromatic carbocycles. The van der Waals surface area contributed by atoms with Crippen molar-refractivity contribution in [2.24, 2.45) is 0 Å². The number of rotatable bonds is 2. The molecule has 0 aliphatic rings. The molecule has 1 aromatic heterocycles. The Morgan fingerprint density at radius 2 is 1.88 bits per heavy atom. The molecule has 0 fully saturated rings. The molecule has 0 aliphatic carbocycles. The second-order valence-corrected chi connectivity index (χ2v) is 3.91. The van der Waals surface area contributed by atoms with Crippen molar-refractivity contribution < 1.29 is 4.79 Å². The molecule has 1 amide bonds. The predicted molar refractivity (Wildman–Crippen MR) is 66.3 cm³/mol. The van der Waals surface area contributed by atoms with Gasteiger partial charge < -0.3 is 5.32 Å². The van der Waals surface area contributed by atoms with Gasteiger partial charge in [-0.25, -0.2) is 4.98 Å². The standard InChI is InChI=1S/C12H9BrN2O/c13-11-10(7-4-8-14-11)15-12(16)9-5-2-1-3-6-9/h1-8H,(H,15,16).